The van der Waals surface area contributed by atoms with Crippen LogP contribution in [0.4, 0.5) is 5.69 Å². The van der Waals surface area contributed by atoms with Crippen molar-refractivity contribution in [3.8, 4) is 17.6 Å². The minimum absolute atomic E-state index is 0.00971. The van der Waals surface area contributed by atoms with E-state index in [2.05, 4.69) is 21.2 Å². The third-order valence-electron chi connectivity index (χ3n) is 4.51. The summed E-state index contributed by atoms with van der Waals surface area (Å²) in [4.78, 5) is 12.5. The predicted molar refractivity (Wildman–Crippen MR) is 125 cm³/mol. The molecule has 3 aromatic rings. The molecule has 0 aromatic heterocycles. The van der Waals surface area contributed by atoms with E-state index in [0.29, 0.717) is 29.4 Å². The first kappa shape index (κ1) is 22.1. The molecule has 3 aromatic carbocycles. The Balaban J connectivity index is 1.75. The summed E-state index contributed by atoms with van der Waals surface area (Å²) in [6.45, 7) is 2.33. The maximum absolute atomic E-state index is 12.5. The minimum atomic E-state index is -0.473. The van der Waals surface area contributed by atoms with Crippen LogP contribution < -0.4 is 14.8 Å². The van der Waals surface area contributed by atoms with Crippen molar-refractivity contribution in [3.05, 3.63) is 93.5 Å². The maximum Gasteiger partial charge on any atom is 0.266 e. The van der Waals surface area contributed by atoms with E-state index in [4.69, 9.17) is 9.47 Å². The Hall–Kier alpha value is -3.56. The molecule has 0 radical (unpaired) electrons. The maximum atomic E-state index is 12.5. The first-order valence-electron chi connectivity index (χ1n) is 9.54. The van der Waals surface area contributed by atoms with Crippen LogP contribution >= 0.6 is 15.9 Å². The minimum Gasteiger partial charge on any atom is -0.493 e. The fraction of sp³-hybridized carbons (Fsp3) is 0.120. The lowest BCUT2D eigenvalue weighted by Crippen LogP contribution is -2.13. The van der Waals surface area contributed by atoms with E-state index in [1.54, 1.807) is 37.4 Å². The van der Waals surface area contributed by atoms with E-state index in [9.17, 15) is 10.1 Å². The highest BCUT2D eigenvalue weighted by molar-refractivity contribution is 9.10. The zero-order chi connectivity index (χ0) is 22.2. The van der Waals surface area contributed by atoms with Crippen LogP contribution in [0.1, 0.15) is 16.7 Å². The number of anilines is 1. The first-order chi connectivity index (χ1) is 15.0. The van der Waals surface area contributed by atoms with Gasteiger partial charge in [-0.05, 0) is 48.9 Å². The SMILES string of the molecule is COc1cc(/C=C(\C#N)C(=O)Nc2ccc(C)cc2)ccc1OCc1ccccc1Br. The number of carbonyl (C=O) groups is 1. The van der Waals surface area contributed by atoms with Crippen molar-refractivity contribution in [2.45, 2.75) is 13.5 Å². The summed E-state index contributed by atoms with van der Waals surface area (Å²) in [5.74, 6) is 0.606. The number of aryl methyl sites for hydroxylation is 1. The summed E-state index contributed by atoms with van der Waals surface area (Å²) in [6, 6.07) is 22.4. The van der Waals surface area contributed by atoms with Gasteiger partial charge < -0.3 is 14.8 Å². The number of nitriles is 1. The summed E-state index contributed by atoms with van der Waals surface area (Å²) in [7, 11) is 1.55. The Kier molecular flexibility index (Phi) is 7.47. The van der Waals surface area contributed by atoms with Gasteiger partial charge in [-0.15, -0.1) is 0 Å². The highest BCUT2D eigenvalue weighted by Gasteiger charge is 2.12. The van der Waals surface area contributed by atoms with Gasteiger partial charge in [0.05, 0.1) is 7.11 Å². The average Bonchev–Trinajstić information content (AvgIpc) is 2.78. The van der Waals surface area contributed by atoms with Crippen molar-refractivity contribution in [3.63, 3.8) is 0 Å². The molecule has 6 heteroatoms. The summed E-state index contributed by atoms with van der Waals surface area (Å²) in [5.41, 5.74) is 3.37. The largest absolute Gasteiger partial charge is 0.493 e. The number of methoxy groups -OCH3 is 1. The Morgan fingerprint density at radius 1 is 1.10 bits per heavy atom. The molecular weight excluding hydrogens is 456 g/mol. The van der Waals surface area contributed by atoms with Gasteiger partial charge in [-0.2, -0.15) is 5.26 Å². The molecule has 31 heavy (non-hydrogen) atoms. The van der Waals surface area contributed by atoms with Crippen LogP contribution in [-0.2, 0) is 11.4 Å². The average molecular weight is 477 g/mol. The molecule has 1 amide bonds. The summed E-state index contributed by atoms with van der Waals surface area (Å²) in [5, 5.41) is 12.2. The number of ether oxygens (including phenoxy) is 2. The zero-order valence-corrected chi connectivity index (χ0v) is 18.8. The number of benzene rings is 3. The van der Waals surface area contributed by atoms with E-state index in [1.807, 2.05) is 49.4 Å². The highest BCUT2D eigenvalue weighted by Crippen LogP contribution is 2.30. The standard InChI is InChI=1S/C25H21BrN2O3/c1-17-7-10-21(11-8-17)28-25(29)20(15-27)13-18-9-12-23(24(14-18)30-2)31-16-19-5-3-4-6-22(19)26/h3-14H,16H2,1-2H3,(H,28,29)/b20-13+. The number of amides is 1. The van der Waals surface area contributed by atoms with E-state index >= 15 is 0 Å². The number of rotatable bonds is 7. The highest BCUT2D eigenvalue weighted by atomic mass is 79.9. The summed E-state index contributed by atoms with van der Waals surface area (Å²) < 4.78 is 12.3. The first-order valence-corrected chi connectivity index (χ1v) is 10.3. The Morgan fingerprint density at radius 3 is 2.52 bits per heavy atom. The third kappa shape index (κ3) is 5.97. The van der Waals surface area contributed by atoms with Crippen LogP contribution in [0, 0.1) is 18.3 Å². The molecule has 0 aliphatic heterocycles. The van der Waals surface area contributed by atoms with Gasteiger partial charge >= 0.3 is 0 Å². The lowest BCUT2D eigenvalue weighted by Gasteiger charge is -2.12. The lowest BCUT2D eigenvalue weighted by molar-refractivity contribution is -0.112. The van der Waals surface area contributed by atoms with E-state index in [0.717, 1.165) is 15.6 Å². The number of carbonyl (C=O) groups excluding carboxylic acids is 1. The fourth-order valence-corrected chi connectivity index (χ4v) is 3.21. The normalized spacial score (nSPS) is 10.8. The molecule has 0 bridgehead atoms. The molecule has 0 saturated carbocycles. The van der Waals surface area contributed by atoms with Crippen LogP contribution in [0.2, 0.25) is 0 Å². The van der Waals surface area contributed by atoms with Gasteiger partial charge in [-0.25, -0.2) is 0 Å². The summed E-state index contributed by atoms with van der Waals surface area (Å²) >= 11 is 3.51. The number of halogens is 1. The number of hydrogen-bond donors (Lipinski definition) is 1. The Labute approximate surface area is 190 Å². The van der Waals surface area contributed by atoms with Crippen LogP contribution in [-0.4, -0.2) is 13.0 Å². The quantitative estimate of drug-likeness (QED) is 0.340. The molecule has 0 aliphatic carbocycles. The summed E-state index contributed by atoms with van der Waals surface area (Å²) in [6.07, 6.45) is 1.52. The predicted octanol–water partition coefficient (Wildman–Crippen LogP) is 5.89. The Morgan fingerprint density at radius 2 is 1.84 bits per heavy atom. The van der Waals surface area contributed by atoms with Gasteiger partial charge in [-0.1, -0.05) is 57.9 Å². The molecule has 1 N–H and O–H groups in total. The molecule has 156 valence electrons. The fourth-order valence-electron chi connectivity index (χ4n) is 2.81. The molecule has 3 rings (SSSR count). The van der Waals surface area contributed by atoms with Gasteiger partial charge in [0.15, 0.2) is 11.5 Å². The van der Waals surface area contributed by atoms with Crippen LogP contribution in [0.15, 0.2) is 76.8 Å². The van der Waals surface area contributed by atoms with Gasteiger partial charge in [0.2, 0.25) is 0 Å². The van der Waals surface area contributed by atoms with Gasteiger partial charge in [-0.3, -0.25) is 4.79 Å². The second-order valence-electron chi connectivity index (χ2n) is 6.78. The molecular formula is C25H21BrN2O3. The molecule has 0 heterocycles. The van der Waals surface area contributed by atoms with Crippen LogP contribution in [0.5, 0.6) is 11.5 Å². The molecule has 0 atom stereocenters. The monoisotopic (exact) mass is 476 g/mol. The Bertz CT molecular complexity index is 1150. The third-order valence-corrected chi connectivity index (χ3v) is 5.29. The van der Waals surface area contributed by atoms with E-state index in [-0.39, 0.29) is 5.57 Å². The van der Waals surface area contributed by atoms with Crippen LogP contribution in [0.3, 0.4) is 0 Å². The molecule has 0 unspecified atom stereocenters. The van der Waals surface area contributed by atoms with Crippen molar-refractivity contribution in [2.24, 2.45) is 0 Å². The number of nitrogens with zero attached hydrogens (tertiary/aromatic N) is 1. The van der Waals surface area contributed by atoms with Crippen molar-refractivity contribution in [1.29, 1.82) is 5.26 Å². The lowest BCUT2D eigenvalue weighted by atomic mass is 10.1. The van der Waals surface area contributed by atoms with Crippen molar-refractivity contribution < 1.29 is 14.3 Å². The second-order valence-corrected chi connectivity index (χ2v) is 7.63. The van der Waals surface area contributed by atoms with Gasteiger partial charge in [0, 0.05) is 15.7 Å². The molecule has 0 fully saturated rings. The zero-order valence-electron chi connectivity index (χ0n) is 17.2. The van der Waals surface area contributed by atoms with Gasteiger partial charge in [0.25, 0.3) is 5.91 Å². The molecule has 0 saturated heterocycles. The second kappa shape index (κ2) is 10.5. The molecule has 0 spiro atoms. The smallest absolute Gasteiger partial charge is 0.266 e. The van der Waals surface area contributed by atoms with Crippen molar-refractivity contribution in [1.82, 2.24) is 0 Å². The van der Waals surface area contributed by atoms with Gasteiger partial charge in [0.1, 0.15) is 18.2 Å². The molecule has 5 nitrogen and oxygen atoms in total. The molecule has 0 aliphatic rings. The topological polar surface area (TPSA) is 71.3 Å². The van der Waals surface area contributed by atoms with E-state index in [1.165, 1.54) is 6.08 Å². The van der Waals surface area contributed by atoms with Crippen molar-refractivity contribution in [2.75, 3.05) is 12.4 Å². The van der Waals surface area contributed by atoms with Crippen molar-refractivity contribution >= 4 is 33.6 Å². The number of hydrogen-bond acceptors (Lipinski definition) is 4. The van der Waals surface area contributed by atoms with Crippen LogP contribution in [0.25, 0.3) is 6.08 Å². The number of nitrogens with one attached hydrogen (secondary N) is 1. The van der Waals surface area contributed by atoms with E-state index < -0.39 is 5.91 Å².